The number of ether oxygens (including phenoxy) is 9. The third kappa shape index (κ3) is 37.8. The van der Waals surface area contributed by atoms with Crippen molar-refractivity contribution in [1.29, 1.82) is 0 Å². The third-order valence-electron chi connectivity index (χ3n) is 9.55. The maximum absolute atomic E-state index is 13.6. The Morgan fingerprint density at radius 1 is 0.468 bits per heavy atom. The molecule has 2 atom stereocenters. The van der Waals surface area contributed by atoms with Crippen molar-refractivity contribution in [3.05, 3.63) is 39.8 Å². The van der Waals surface area contributed by atoms with Crippen LogP contribution in [0.2, 0.25) is 0 Å². The smallest absolute Gasteiger partial charge is 0.329 e. The molecular formula is C53H86N8O18. The molecule has 0 aliphatic heterocycles. The van der Waals surface area contributed by atoms with E-state index >= 15 is 0 Å². The number of hydrogen-bond donors (Lipinski definition) is 5. The van der Waals surface area contributed by atoms with Crippen molar-refractivity contribution < 1.29 is 85.8 Å². The Bertz CT molecular complexity index is 2060. The highest BCUT2D eigenvalue weighted by Gasteiger charge is 2.30. The van der Waals surface area contributed by atoms with E-state index in [1.54, 1.807) is 83.1 Å². The minimum absolute atomic E-state index is 0.0348. The van der Waals surface area contributed by atoms with Crippen LogP contribution in [0, 0.1) is 0 Å². The van der Waals surface area contributed by atoms with Gasteiger partial charge in [-0.15, -0.1) is 0 Å². The van der Waals surface area contributed by atoms with Crippen LogP contribution in [0.5, 0.6) is 5.75 Å². The van der Waals surface area contributed by atoms with Crippen LogP contribution in [-0.4, -0.2) is 174 Å². The SMILES string of the molecule is CC(C)(C)OC(=O)CCC(NC(=O)CCNC(=O)c1cc(OCCNC(=O)CCOCCOCCOCCOCCN=[N+]=[N-])cc(C(=O)NCCC(=O)NC(CCC(=O)OC(C)(C)C)C(=O)OC(C)(C)C)c1)C(=O)OC(C)(C)C. The van der Waals surface area contributed by atoms with E-state index in [0.29, 0.717) is 33.0 Å². The van der Waals surface area contributed by atoms with E-state index in [4.69, 9.17) is 48.2 Å². The van der Waals surface area contributed by atoms with Crippen LogP contribution in [0.3, 0.4) is 0 Å². The molecule has 5 amide bonds. The van der Waals surface area contributed by atoms with Gasteiger partial charge in [0.1, 0.15) is 46.8 Å². The van der Waals surface area contributed by atoms with Gasteiger partial charge < -0.3 is 69.2 Å². The lowest BCUT2D eigenvalue weighted by Crippen LogP contribution is -2.45. The van der Waals surface area contributed by atoms with E-state index < -0.39 is 82.0 Å². The van der Waals surface area contributed by atoms with Gasteiger partial charge in [0.05, 0.1) is 59.4 Å². The van der Waals surface area contributed by atoms with Crippen LogP contribution in [0.4, 0.5) is 0 Å². The molecule has 0 fully saturated rings. The number of carbonyl (C=O) groups excluding carboxylic acids is 9. The van der Waals surface area contributed by atoms with Crippen LogP contribution < -0.4 is 31.3 Å². The van der Waals surface area contributed by atoms with Gasteiger partial charge in [0.2, 0.25) is 17.7 Å². The second-order valence-electron chi connectivity index (χ2n) is 21.7. The van der Waals surface area contributed by atoms with Gasteiger partial charge in [-0.1, -0.05) is 5.11 Å². The first-order valence-corrected chi connectivity index (χ1v) is 26.3. The lowest BCUT2D eigenvalue weighted by molar-refractivity contribution is -0.161. The lowest BCUT2D eigenvalue weighted by Gasteiger charge is -2.25. The Balaban J connectivity index is 3.02. The van der Waals surface area contributed by atoms with Gasteiger partial charge in [0.25, 0.3) is 11.8 Å². The molecule has 5 N–H and O–H groups in total. The van der Waals surface area contributed by atoms with Crippen LogP contribution in [0.1, 0.15) is 149 Å². The third-order valence-corrected chi connectivity index (χ3v) is 9.55. The van der Waals surface area contributed by atoms with E-state index in [1.807, 2.05) is 0 Å². The molecule has 0 aromatic heterocycles. The standard InChI is InChI=1S/C53H86N8O18/c1-50(2,3)76-44(65)15-13-39(48(69)78-52(7,8)9)59-42(63)17-20-56-46(67)36-33-37(47(68)57-21-18-43(64)60-40(49(70)79-53(10,11)12)14-16-45(66)77-51(4,5)6)35-38(34-36)75-26-22-55-41(62)19-24-71-27-29-73-31-32-74-30-28-72-25-23-58-61-54/h33-35,39-40H,13-32H2,1-12H3,(H,55,62)(H,56,67)(H,57,68)(H,59,63)(H,60,64). The van der Waals surface area contributed by atoms with Gasteiger partial charge >= 0.3 is 23.9 Å². The van der Waals surface area contributed by atoms with Gasteiger partial charge in [0.15, 0.2) is 0 Å². The molecule has 79 heavy (non-hydrogen) atoms. The highest BCUT2D eigenvalue weighted by atomic mass is 16.6. The first kappa shape index (κ1) is 70.4. The highest BCUT2D eigenvalue weighted by molar-refractivity contribution is 6.00. The molecule has 0 spiro atoms. The van der Waals surface area contributed by atoms with E-state index in [2.05, 4.69) is 36.6 Å². The zero-order valence-corrected chi connectivity index (χ0v) is 48.2. The predicted molar refractivity (Wildman–Crippen MR) is 286 cm³/mol. The number of rotatable bonds is 37. The van der Waals surface area contributed by atoms with Crippen molar-refractivity contribution in [2.45, 2.75) is 163 Å². The topological polar surface area (TPSA) is 346 Å². The normalized spacial score (nSPS) is 12.4. The number of hydrogen-bond acceptors (Lipinski definition) is 19. The van der Waals surface area contributed by atoms with Gasteiger partial charge in [-0.3, -0.25) is 33.6 Å². The molecule has 1 aromatic carbocycles. The summed E-state index contributed by atoms with van der Waals surface area (Å²) in [6, 6.07) is 1.55. The number of nitrogens with zero attached hydrogens (tertiary/aromatic N) is 3. The maximum atomic E-state index is 13.6. The molecule has 1 rings (SSSR count). The number of esters is 4. The van der Waals surface area contributed by atoms with E-state index in [0.717, 1.165) is 0 Å². The summed E-state index contributed by atoms with van der Waals surface area (Å²) in [5.74, 6) is -5.65. The van der Waals surface area contributed by atoms with Crippen molar-refractivity contribution in [3.63, 3.8) is 0 Å². The largest absolute Gasteiger partial charge is 0.492 e. The number of azide groups is 1. The van der Waals surface area contributed by atoms with Crippen LogP contribution in [-0.2, 0) is 71.5 Å². The average Bonchev–Trinajstić information content (AvgIpc) is 3.31. The summed E-state index contributed by atoms with van der Waals surface area (Å²) < 4.78 is 49.0. The molecule has 0 heterocycles. The Morgan fingerprint density at radius 2 is 0.861 bits per heavy atom. The first-order chi connectivity index (χ1) is 36.9. The zero-order chi connectivity index (χ0) is 59.7. The highest BCUT2D eigenvalue weighted by Crippen LogP contribution is 2.19. The summed E-state index contributed by atoms with van der Waals surface area (Å²) in [6.45, 7) is 22.2. The summed E-state index contributed by atoms with van der Waals surface area (Å²) in [5.41, 5.74) is 4.81. The Labute approximate surface area is 463 Å². The number of benzene rings is 1. The molecule has 26 heteroatoms. The predicted octanol–water partition coefficient (Wildman–Crippen LogP) is 4.09. The minimum Gasteiger partial charge on any atom is -0.492 e. The monoisotopic (exact) mass is 1120 g/mol. The molecule has 0 saturated heterocycles. The second kappa shape index (κ2) is 36.5. The molecule has 26 nitrogen and oxygen atoms in total. The van der Waals surface area contributed by atoms with E-state index in [1.165, 1.54) is 18.2 Å². The fourth-order valence-corrected chi connectivity index (χ4v) is 6.34. The van der Waals surface area contributed by atoms with Gasteiger partial charge in [-0.05, 0) is 120 Å². The zero-order valence-electron chi connectivity index (χ0n) is 48.2. The molecule has 446 valence electrons. The number of amides is 5. The molecule has 0 aliphatic carbocycles. The Kier molecular flexibility index (Phi) is 32.6. The second-order valence-corrected chi connectivity index (χ2v) is 21.7. The van der Waals surface area contributed by atoms with Crippen molar-refractivity contribution >= 4 is 53.4 Å². The maximum Gasteiger partial charge on any atom is 0.329 e. The molecule has 1 aromatic rings. The quantitative estimate of drug-likeness (QED) is 0.0156. The number of carbonyl (C=O) groups is 9. The summed E-state index contributed by atoms with van der Waals surface area (Å²) >= 11 is 0. The van der Waals surface area contributed by atoms with Crippen molar-refractivity contribution in [2.75, 3.05) is 85.6 Å². The van der Waals surface area contributed by atoms with Crippen LogP contribution >= 0.6 is 0 Å². The van der Waals surface area contributed by atoms with Crippen molar-refractivity contribution in [3.8, 4) is 5.75 Å². The van der Waals surface area contributed by atoms with Crippen LogP contribution in [0.15, 0.2) is 23.3 Å². The fraction of sp³-hybridized carbons (Fsp3) is 0.717. The van der Waals surface area contributed by atoms with Gasteiger partial charge in [0, 0.05) is 67.8 Å². The van der Waals surface area contributed by atoms with E-state index in [-0.39, 0.29) is 120 Å². The van der Waals surface area contributed by atoms with Crippen molar-refractivity contribution in [1.82, 2.24) is 26.6 Å². The Hall–Kier alpha value is -6.60. The van der Waals surface area contributed by atoms with Crippen LogP contribution in [0.25, 0.3) is 10.4 Å². The first-order valence-electron chi connectivity index (χ1n) is 26.3. The minimum atomic E-state index is -1.20. The van der Waals surface area contributed by atoms with Gasteiger partial charge in [-0.2, -0.15) is 0 Å². The Morgan fingerprint density at radius 3 is 1.25 bits per heavy atom. The molecule has 0 bridgehead atoms. The van der Waals surface area contributed by atoms with Gasteiger partial charge in [-0.25, -0.2) is 9.59 Å². The molecule has 2 unspecified atom stereocenters. The lowest BCUT2D eigenvalue weighted by atomic mass is 10.1. The fourth-order valence-electron chi connectivity index (χ4n) is 6.34. The number of nitrogens with one attached hydrogen (secondary N) is 5. The summed E-state index contributed by atoms with van der Waals surface area (Å²) in [7, 11) is 0. The average molecular weight is 1120 g/mol. The summed E-state index contributed by atoms with van der Waals surface area (Å²) in [6.07, 6.45) is -1.15. The van der Waals surface area contributed by atoms with Crippen molar-refractivity contribution in [2.24, 2.45) is 5.11 Å². The summed E-state index contributed by atoms with van der Waals surface area (Å²) in [5, 5.41) is 16.4. The molecule has 0 radical (unpaired) electrons. The van der Waals surface area contributed by atoms with E-state index in [9.17, 15) is 43.2 Å². The molecule has 0 saturated carbocycles. The molecular weight excluding hydrogens is 1040 g/mol. The molecule has 0 aliphatic rings. The summed E-state index contributed by atoms with van der Waals surface area (Å²) in [4.78, 5) is 119.